The maximum absolute atomic E-state index is 12.4. The van der Waals surface area contributed by atoms with E-state index in [1.165, 1.54) is 0 Å². The van der Waals surface area contributed by atoms with Crippen LogP contribution in [0, 0.1) is 30.6 Å². The third-order valence-electron chi connectivity index (χ3n) is 4.34. The van der Waals surface area contributed by atoms with E-state index in [9.17, 15) is 14.7 Å². The van der Waals surface area contributed by atoms with E-state index in [1.54, 1.807) is 12.4 Å². The van der Waals surface area contributed by atoms with Crippen LogP contribution in [0.1, 0.15) is 12.0 Å². The number of allylic oxidation sites excluding steroid dienone is 2. The molecule has 2 N–H and O–H groups in total. The number of carboxylic acid groups (broad SMARTS) is 1. The number of amides is 1. The number of aliphatic carboxylic acids is 1. The first kappa shape index (κ1) is 12.8. The summed E-state index contributed by atoms with van der Waals surface area (Å²) in [6.07, 6.45) is 7.92. The highest BCUT2D eigenvalue weighted by molar-refractivity contribution is 5.96. The van der Waals surface area contributed by atoms with Gasteiger partial charge in [0.05, 0.1) is 23.7 Å². The van der Waals surface area contributed by atoms with Gasteiger partial charge < -0.3 is 10.4 Å². The number of nitrogens with one attached hydrogen (secondary N) is 1. The number of fused-ring (bicyclic) bond motifs is 2. The molecule has 2 aliphatic rings. The number of carboxylic acids is 1. The van der Waals surface area contributed by atoms with Crippen LogP contribution in [0.3, 0.4) is 0 Å². The lowest BCUT2D eigenvalue weighted by atomic mass is 9.82. The molecule has 4 unspecified atom stereocenters. The Balaban J connectivity index is 1.82. The van der Waals surface area contributed by atoms with E-state index in [-0.39, 0.29) is 17.7 Å². The molecule has 0 radical (unpaired) electrons. The Hall–Kier alpha value is -2.17. The molecule has 3 rings (SSSR count). The number of carbonyl (C=O) groups excluding carboxylic acids is 1. The Kier molecular flexibility index (Phi) is 3.04. The summed E-state index contributed by atoms with van der Waals surface area (Å²) >= 11 is 0. The highest BCUT2D eigenvalue weighted by Crippen LogP contribution is 2.48. The summed E-state index contributed by atoms with van der Waals surface area (Å²) in [6.45, 7) is 1.88. The third-order valence-corrected chi connectivity index (χ3v) is 4.34. The number of rotatable bonds is 3. The number of hydrogen-bond donors (Lipinski definition) is 2. The van der Waals surface area contributed by atoms with Gasteiger partial charge in [-0.3, -0.25) is 14.6 Å². The molecule has 20 heavy (non-hydrogen) atoms. The molecule has 1 saturated carbocycles. The van der Waals surface area contributed by atoms with Gasteiger partial charge in [0, 0.05) is 6.20 Å². The third kappa shape index (κ3) is 1.99. The van der Waals surface area contributed by atoms with Crippen molar-refractivity contribution in [2.45, 2.75) is 13.3 Å². The molecule has 0 aliphatic heterocycles. The lowest BCUT2D eigenvalue weighted by Crippen LogP contribution is -2.36. The van der Waals surface area contributed by atoms with Crippen molar-refractivity contribution in [2.75, 3.05) is 5.32 Å². The van der Waals surface area contributed by atoms with Crippen LogP contribution in [0.25, 0.3) is 0 Å². The second-order valence-corrected chi connectivity index (χ2v) is 5.52. The quantitative estimate of drug-likeness (QED) is 0.823. The van der Waals surface area contributed by atoms with Crippen LogP contribution in [-0.4, -0.2) is 22.0 Å². The van der Waals surface area contributed by atoms with E-state index >= 15 is 0 Å². The molecule has 1 amide bonds. The Morgan fingerprint density at radius 2 is 2.00 bits per heavy atom. The summed E-state index contributed by atoms with van der Waals surface area (Å²) < 4.78 is 0. The minimum absolute atomic E-state index is 0.0109. The first-order valence-electron chi connectivity index (χ1n) is 6.70. The molecule has 5 heteroatoms. The van der Waals surface area contributed by atoms with E-state index < -0.39 is 17.8 Å². The van der Waals surface area contributed by atoms with Crippen LogP contribution in [0.5, 0.6) is 0 Å². The molecular formula is C15H16N2O3. The summed E-state index contributed by atoms with van der Waals surface area (Å²) in [5.74, 6) is -2.17. The predicted octanol–water partition coefficient (Wildman–Crippen LogP) is 1.85. The molecule has 1 fully saturated rings. The lowest BCUT2D eigenvalue weighted by Gasteiger charge is -2.24. The van der Waals surface area contributed by atoms with Gasteiger partial charge in [-0.15, -0.1) is 0 Å². The van der Waals surface area contributed by atoms with Crippen LogP contribution in [-0.2, 0) is 9.59 Å². The van der Waals surface area contributed by atoms with E-state index in [0.29, 0.717) is 5.69 Å². The SMILES string of the molecule is Cc1ccncc1NC(=O)C1C2C=CC(C2)C1C(=O)O. The normalized spacial score (nSPS) is 30.4. The molecule has 2 aliphatic carbocycles. The Morgan fingerprint density at radius 3 is 2.65 bits per heavy atom. The Bertz CT molecular complexity index is 597. The standard InChI is InChI=1S/C15H16N2O3/c1-8-4-5-16-7-11(8)17-14(18)12-9-2-3-10(6-9)13(12)15(19)20/h2-5,7,9-10,12-13H,6H2,1H3,(H,17,18)(H,19,20). The number of anilines is 1. The highest BCUT2D eigenvalue weighted by atomic mass is 16.4. The number of nitrogens with zero attached hydrogens (tertiary/aromatic N) is 1. The second-order valence-electron chi connectivity index (χ2n) is 5.52. The average Bonchev–Trinajstić information content (AvgIpc) is 3.01. The van der Waals surface area contributed by atoms with Gasteiger partial charge in [-0.05, 0) is 36.8 Å². The summed E-state index contributed by atoms with van der Waals surface area (Å²) in [5, 5.41) is 12.2. The summed E-state index contributed by atoms with van der Waals surface area (Å²) in [5.41, 5.74) is 1.56. The first-order chi connectivity index (χ1) is 9.58. The van der Waals surface area contributed by atoms with Crippen LogP contribution < -0.4 is 5.32 Å². The van der Waals surface area contributed by atoms with Crippen LogP contribution in [0.2, 0.25) is 0 Å². The molecule has 1 heterocycles. The maximum atomic E-state index is 12.4. The van der Waals surface area contributed by atoms with Crippen molar-refractivity contribution in [1.82, 2.24) is 4.98 Å². The smallest absolute Gasteiger partial charge is 0.307 e. The van der Waals surface area contributed by atoms with E-state index in [1.807, 2.05) is 25.1 Å². The first-order valence-corrected chi connectivity index (χ1v) is 6.70. The monoisotopic (exact) mass is 272 g/mol. The fourth-order valence-corrected chi connectivity index (χ4v) is 3.33. The van der Waals surface area contributed by atoms with Crippen LogP contribution in [0.4, 0.5) is 5.69 Å². The summed E-state index contributed by atoms with van der Waals surface area (Å²) in [7, 11) is 0. The second kappa shape index (κ2) is 4.74. The van der Waals surface area contributed by atoms with Crippen molar-refractivity contribution < 1.29 is 14.7 Å². The van der Waals surface area contributed by atoms with Gasteiger partial charge in [-0.25, -0.2) is 0 Å². The van der Waals surface area contributed by atoms with E-state index in [0.717, 1.165) is 12.0 Å². The van der Waals surface area contributed by atoms with Crippen LogP contribution in [0.15, 0.2) is 30.6 Å². The predicted molar refractivity (Wildman–Crippen MR) is 73.0 cm³/mol. The summed E-state index contributed by atoms with van der Waals surface area (Å²) in [4.78, 5) is 27.8. The van der Waals surface area contributed by atoms with Gasteiger partial charge in [0.15, 0.2) is 0 Å². The fraction of sp³-hybridized carbons (Fsp3) is 0.400. The van der Waals surface area contributed by atoms with E-state index in [2.05, 4.69) is 10.3 Å². The fourth-order valence-electron chi connectivity index (χ4n) is 3.33. The zero-order valence-electron chi connectivity index (χ0n) is 11.1. The number of aromatic nitrogens is 1. The van der Waals surface area contributed by atoms with Crippen molar-refractivity contribution in [3.05, 3.63) is 36.2 Å². The maximum Gasteiger partial charge on any atom is 0.307 e. The largest absolute Gasteiger partial charge is 0.481 e. The molecule has 5 nitrogen and oxygen atoms in total. The molecule has 2 bridgehead atoms. The van der Waals surface area contributed by atoms with E-state index in [4.69, 9.17) is 0 Å². The minimum atomic E-state index is -0.884. The van der Waals surface area contributed by atoms with Gasteiger partial charge in [0.1, 0.15) is 0 Å². The highest BCUT2D eigenvalue weighted by Gasteiger charge is 2.51. The zero-order valence-corrected chi connectivity index (χ0v) is 11.1. The number of carbonyl (C=O) groups is 2. The molecule has 0 spiro atoms. The lowest BCUT2D eigenvalue weighted by molar-refractivity contribution is -0.146. The number of hydrogen-bond acceptors (Lipinski definition) is 3. The van der Waals surface area contributed by atoms with Gasteiger partial charge >= 0.3 is 5.97 Å². The van der Waals surface area contributed by atoms with Crippen LogP contribution >= 0.6 is 0 Å². The van der Waals surface area contributed by atoms with Crippen molar-refractivity contribution in [3.63, 3.8) is 0 Å². The Labute approximate surface area is 116 Å². The van der Waals surface area contributed by atoms with Gasteiger partial charge in [0.25, 0.3) is 0 Å². The zero-order chi connectivity index (χ0) is 14.3. The summed E-state index contributed by atoms with van der Waals surface area (Å²) in [6, 6.07) is 1.81. The molecule has 104 valence electrons. The van der Waals surface area contributed by atoms with Gasteiger partial charge in [0.2, 0.25) is 5.91 Å². The average molecular weight is 272 g/mol. The minimum Gasteiger partial charge on any atom is -0.481 e. The molecule has 4 atom stereocenters. The number of aryl methyl sites for hydroxylation is 1. The molecule has 1 aromatic rings. The Morgan fingerprint density at radius 1 is 1.30 bits per heavy atom. The topological polar surface area (TPSA) is 79.3 Å². The molecule has 0 aromatic carbocycles. The van der Waals surface area contributed by atoms with Crippen molar-refractivity contribution >= 4 is 17.6 Å². The van der Waals surface area contributed by atoms with Gasteiger partial charge in [-0.1, -0.05) is 12.2 Å². The number of pyridine rings is 1. The van der Waals surface area contributed by atoms with Gasteiger partial charge in [-0.2, -0.15) is 0 Å². The van der Waals surface area contributed by atoms with Crippen molar-refractivity contribution in [2.24, 2.45) is 23.7 Å². The van der Waals surface area contributed by atoms with Crippen molar-refractivity contribution in [3.8, 4) is 0 Å². The molecule has 1 aromatic heterocycles. The molecular weight excluding hydrogens is 256 g/mol. The van der Waals surface area contributed by atoms with Crippen molar-refractivity contribution in [1.29, 1.82) is 0 Å². The molecule has 0 saturated heterocycles.